The molecular formula is C26H24FN3O4S. The van der Waals surface area contributed by atoms with Crippen LogP contribution in [0.1, 0.15) is 12.0 Å². The zero-order chi connectivity index (χ0) is 24.8. The number of halogens is 1. The quantitative estimate of drug-likeness (QED) is 0.478. The number of amides is 2. The number of nitrogens with one attached hydrogen (secondary N) is 1. The maximum absolute atomic E-state index is 14.3. The summed E-state index contributed by atoms with van der Waals surface area (Å²) < 4.78 is 24.8. The molecular weight excluding hydrogens is 469 g/mol. The highest BCUT2D eigenvalue weighted by atomic mass is 32.2. The normalized spacial score (nSPS) is 16.4. The van der Waals surface area contributed by atoms with E-state index in [1.54, 1.807) is 61.7 Å². The minimum atomic E-state index is -0.700. The van der Waals surface area contributed by atoms with E-state index >= 15 is 0 Å². The number of carbonyl (C=O) groups excluding carboxylic acids is 2. The largest absolute Gasteiger partial charge is 0.497 e. The van der Waals surface area contributed by atoms with Crippen molar-refractivity contribution in [2.75, 3.05) is 19.5 Å². The molecule has 0 spiro atoms. The number of benzene rings is 3. The van der Waals surface area contributed by atoms with E-state index in [9.17, 15) is 14.0 Å². The lowest BCUT2D eigenvalue weighted by Crippen LogP contribution is -2.33. The standard InChI is InChI=1S/C26H24FN3O4S/c1-33-18-13-11-17(12-14-18)16-30-25(32)23(35-26(30)29-20-8-4-3-7-19(20)27)15-24(31)28-21-9-5-6-10-22(21)34-2/h3-14,23H,15-16H2,1-2H3,(H,28,31)/t23-/m0/s1. The first-order valence-corrected chi connectivity index (χ1v) is 11.7. The van der Waals surface area contributed by atoms with Crippen LogP contribution in [0.4, 0.5) is 15.8 Å². The highest BCUT2D eigenvalue weighted by Crippen LogP contribution is 2.34. The highest BCUT2D eigenvalue weighted by Gasteiger charge is 2.39. The number of amidine groups is 1. The molecule has 0 bridgehead atoms. The summed E-state index contributed by atoms with van der Waals surface area (Å²) in [6, 6.07) is 20.4. The van der Waals surface area contributed by atoms with Crippen molar-refractivity contribution in [2.24, 2.45) is 4.99 Å². The van der Waals surface area contributed by atoms with E-state index in [2.05, 4.69) is 10.3 Å². The minimum absolute atomic E-state index is 0.0725. The number of anilines is 1. The Hall–Kier alpha value is -3.85. The van der Waals surface area contributed by atoms with Gasteiger partial charge in [-0.3, -0.25) is 14.5 Å². The number of methoxy groups -OCH3 is 2. The van der Waals surface area contributed by atoms with Crippen LogP contribution in [0, 0.1) is 5.82 Å². The van der Waals surface area contributed by atoms with Crippen LogP contribution >= 0.6 is 11.8 Å². The summed E-state index contributed by atoms with van der Waals surface area (Å²) in [5.74, 6) is 0.124. The number of hydrogen-bond donors (Lipinski definition) is 1. The molecule has 0 radical (unpaired) electrons. The minimum Gasteiger partial charge on any atom is -0.497 e. The molecule has 1 heterocycles. The molecule has 35 heavy (non-hydrogen) atoms. The summed E-state index contributed by atoms with van der Waals surface area (Å²) in [5.41, 5.74) is 1.49. The second kappa shape index (κ2) is 11.1. The number of para-hydroxylation sites is 3. The van der Waals surface area contributed by atoms with Crippen LogP contribution in [0.2, 0.25) is 0 Å². The smallest absolute Gasteiger partial charge is 0.242 e. The zero-order valence-corrected chi connectivity index (χ0v) is 20.0. The predicted molar refractivity (Wildman–Crippen MR) is 135 cm³/mol. The van der Waals surface area contributed by atoms with Crippen LogP contribution in [0.3, 0.4) is 0 Å². The summed E-state index contributed by atoms with van der Waals surface area (Å²) in [6.45, 7) is 0.230. The van der Waals surface area contributed by atoms with Crippen molar-refractivity contribution in [2.45, 2.75) is 18.2 Å². The van der Waals surface area contributed by atoms with Crippen molar-refractivity contribution in [1.82, 2.24) is 4.90 Å². The van der Waals surface area contributed by atoms with Crippen molar-refractivity contribution in [3.05, 3.63) is 84.2 Å². The van der Waals surface area contributed by atoms with E-state index in [-0.39, 0.29) is 30.5 Å². The molecule has 0 aromatic heterocycles. The first-order chi connectivity index (χ1) is 17.0. The first kappa shape index (κ1) is 24.3. The first-order valence-electron chi connectivity index (χ1n) is 10.9. The molecule has 2 amide bonds. The maximum Gasteiger partial charge on any atom is 0.242 e. The van der Waals surface area contributed by atoms with E-state index in [0.29, 0.717) is 22.4 Å². The Bertz CT molecular complexity index is 1250. The Morgan fingerprint density at radius 3 is 2.46 bits per heavy atom. The molecule has 1 atom stereocenters. The van der Waals surface area contributed by atoms with Crippen molar-refractivity contribution < 1.29 is 23.5 Å². The van der Waals surface area contributed by atoms with Crippen molar-refractivity contribution in [3.8, 4) is 11.5 Å². The van der Waals surface area contributed by atoms with Crippen LogP contribution in [-0.4, -0.2) is 41.4 Å². The molecule has 1 fully saturated rings. The van der Waals surface area contributed by atoms with Gasteiger partial charge in [0, 0.05) is 6.42 Å². The van der Waals surface area contributed by atoms with E-state index < -0.39 is 11.1 Å². The Morgan fingerprint density at radius 2 is 1.74 bits per heavy atom. The van der Waals surface area contributed by atoms with Crippen LogP contribution < -0.4 is 14.8 Å². The number of carbonyl (C=O) groups is 2. The molecule has 0 aliphatic carbocycles. The molecule has 1 aliphatic heterocycles. The molecule has 0 saturated carbocycles. The average Bonchev–Trinajstić information content (AvgIpc) is 3.15. The van der Waals surface area contributed by atoms with Crippen molar-refractivity contribution in [3.63, 3.8) is 0 Å². The molecule has 180 valence electrons. The molecule has 7 nitrogen and oxygen atoms in total. The molecule has 0 unspecified atom stereocenters. The lowest BCUT2D eigenvalue weighted by atomic mass is 10.2. The summed E-state index contributed by atoms with van der Waals surface area (Å²) in [4.78, 5) is 32.0. The number of thioether (sulfide) groups is 1. The second-order valence-corrected chi connectivity index (χ2v) is 8.85. The van der Waals surface area contributed by atoms with E-state index in [0.717, 1.165) is 17.3 Å². The van der Waals surface area contributed by atoms with Gasteiger partial charge in [-0.05, 0) is 42.0 Å². The van der Waals surface area contributed by atoms with Crippen LogP contribution in [0.25, 0.3) is 0 Å². The fourth-order valence-corrected chi connectivity index (χ4v) is 4.70. The van der Waals surface area contributed by atoms with Gasteiger partial charge in [0.15, 0.2) is 5.17 Å². The van der Waals surface area contributed by atoms with E-state index in [4.69, 9.17) is 9.47 Å². The van der Waals surface area contributed by atoms with Gasteiger partial charge < -0.3 is 14.8 Å². The number of aliphatic imine (C=N–C) groups is 1. The zero-order valence-electron chi connectivity index (χ0n) is 19.2. The third-order valence-corrected chi connectivity index (χ3v) is 6.52. The van der Waals surface area contributed by atoms with Gasteiger partial charge in [0.1, 0.15) is 28.3 Å². The summed E-state index contributed by atoms with van der Waals surface area (Å²) >= 11 is 1.15. The lowest BCUT2D eigenvalue weighted by molar-refractivity contribution is -0.128. The number of nitrogens with zero attached hydrogens (tertiary/aromatic N) is 2. The van der Waals surface area contributed by atoms with Gasteiger partial charge in [-0.1, -0.05) is 48.2 Å². The highest BCUT2D eigenvalue weighted by molar-refractivity contribution is 8.15. The molecule has 3 aromatic carbocycles. The van der Waals surface area contributed by atoms with Crippen molar-refractivity contribution >= 4 is 40.1 Å². The van der Waals surface area contributed by atoms with Gasteiger partial charge >= 0.3 is 0 Å². The third-order valence-electron chi connectivity index (χ3n) is 5.34. The van der Waals surface area contributed by atoms with Crippen LogP contribution in [0.5, 0.6) is 11.5 Å². The number of rotatable bonds is 8. The summed E-state index contributed by atoms with van der Waals surface area (Å²) in [7, 11) is 3.10. The average molecular weight is 494 g/mol. The summed E-state index contributed by atoms with van der Waals surface area (Å²) in [6.07, 6.45) is -0.0725. The molecule has 3 aromatic rings. The van der Waals surface area contributed by atoms with Gasteiger partial charge in [0.05, 0.1) is 26.5 Å². The lowest BCUT2D eigenvalue weighted by Gasteiger charge is -2.17. The summed E-state index contributed by atoms with van der Waals surface area (Å²) in [5, 5.41) is 2.44. The van der Waals surface area contributed by atoms with Crippen molar-refractivity contribution in [1.29, 1.82) is 0 Å². The van der Waals surface area contributed by atoms with Gasteiger partial charge in [-0.25, -0.2) is 9.38 Å². The topological polar surface area (TPSA) is 80.2 Å². The predicted octanol–water partition coefficient (Wildman–Crippen LogP) is 5.00. The Balaban J connectivity index is 1.56. The molecule has 4 rings (SSSR count). The third kappa shape index (κ3) is 5.81. The number of ether oxygens (including phenoxy) is 2. The Morgan fingerprint density at radius 1 is 1.03 bits per heavy atom. The molecule has 1 saturated heterocycles. The molecule has 1 N–H and O–H groups in total. The fraction of sp³-hybridized carbons (Fsp3) is 0.192. The van der Waals surface area contributed by atoms with Gasteiger partial charge in [0.25, 0.3) is 0 Å². The van der Waals surface area contributed by atoms with Gasteiger partial charge in [-0.2, -0.15) is 0 Å². The Labute approximate surface area is 207 Å². The van der Waals surface area contributed by atoms with E-state index in [1.807, 2.05) is 12.1 Å². The molecule has 9 heteroatoms. The fourth-order valence-electron chi connectivity index (χ4n) is 3.55. The van der Waals surface area contributed by atoms with Gasteiger partial charge in [-0.15, -0.1) is 0 Å². The molecule has 1 aliphatic rings. The second-order valence-electron chi connectivity index (χ2n) is 7.68. The SMILES string of the molecule is COc1ccc(CN2C(=O)[C@H](CC(=O)Nc3ccccc3OC)SC2=Nc2ccccc2F)cc1. The maximum atomic E-state index is 14.3. The number of hydrogen-bond acceptors (Lipinski definition) is 6. The van der Waals surface area contributed by atoms with E-state index in [1.165, 1.54) is 18.1 Å². The van der Waals surface area contributed by atoms with Crippen LogP contribution in [-0.2, 0) is 16.1 Å². The monoisotopic (exact) mass is 493 g/mol. The Kier molecular flexibility index (Phi) is 7.67. The van der Waals surface area contributed by atoms with Crippen LogP contribution in [0.15, 0.2) is 77.8 Å². The van der Waals surface area contributed by atoms with Gasteiger partial charge in [0.2, 0.25) is 11.8 Å².